The number of piperidine rings is 1. The molecule has 4 heterocycles. The van der Waals surface area contributed by atoms with Gasteiger partial charge in [0.25, 0.3) is 0 Å². The van der Waals surface area contributed by atoms with Crippen molar-refractivity contribution in [3.05, 3.63) is 0 Å². The van der Waals surface area contributed by atoms with Gasteiger partial charge >= 0.3 is 0 Å². The normalized spacial score (nSPS) is 61.1. The molecule has 4 rings (SSSR count). The van der Waals surface area contributed by atoms with E-state index in [9.17, 15) is 5.11 Å². The lowest BCUT2D eigenvalue weighted by Gasteiger charge is -2.33. The zero-order chi connectivity index (χ0) is 7.59. The molecule has 0 spiro atoms. The van der Waals surface area contributed by atoms with E-state index in [1.54, 1.807) is 0 Å². The lowest BCUT2D eigenvalue weighted by atomic mass is 10.0. The number of hydrogen-bond donors (Lipinski definition) is 1. The van der Waals surface area contributed by atoms with Crippen LogP contribution in [0.25, 0.3) is 0 Å². The van der Waals surface area contributed by atoms with E-state index >= 15 is 0 Å². The largest absolute Gasteiger partial charge is 0.389 e. The van der Waals surface area contributed by atoms with Crippen LogP contribution in [0.2, 0.25) is 0 Å². The number of aliphatic hydroxyl groups is 1. The van der Waals surface area contributed by atoms with E-state index in [1.807, 2.05) is 0 Å². The summed E-state index contributed by atoms with van der Waals surface area (Å²) < 4.78 is 5.64. The zero-order valence-electron chi connectivity index (χ0n) is 6.60. The summed E-state index contributed by atoms with van der Waals surface area (Å²) in [4.78, 5) is 2.29. The van der Waals surface area contributed by atoms with Crippen LogP contribution in [-0.4, -0.2) is 47.4 Å². The van der Waals surface area contributed by atoms with Crippen molar-refractivity contribution in [2.24, 2.45) is 0 Å². The van der Waals surface area contributed by atoms with Crippen molar-refractivity contribution >= 4 is 0 Å². The summed E-state index contributed by atoms with van der Waals surface area (Å²) in [5.41, 5.74) is 0. The van der Waals surface area contributed by atoms with Crippen molar-refractivity contribution in [2.75, 3.05) is 7.05 Å². The second kappa shape index (κ2) is 1.79. The highest BCUT2D eigenvalue weighted by Crippen LogP contribution is 2.44. The van der Waals surface area contributed by atoms with Crippen LogP contribution in [0.5, 0.6) is 0 Å². The Balaban J connectivity index is 2.00. The maximum Gasteiger partial charge on any atom is 0.101 e. The molecular weight excluding hydrogens is 142 g/mol. The Morgan fingerprint density at radius 2 is 2.09 bits per heavy atom. The number of likely N-dealkylation sites (N-methyl/N-ethyl adjacent to an activating group) is 1. The molecule has 3 nitrogen and oxygen atoms in total. The van der Waals surface area contributed by atoms with Crippen molar-refractivity contribution in [2.45, 2.75) is 43.2 Å². The highest BCUT2D eigenvalue weighted by Gasteiger charge is 2.57. The third kappa shape index (κ3) is 0.604. The van der Waals surface area contributed by atoms with Crippen molar-refractivity contribution in [1.29, 1.82) is 0 Å². The fourth-order valence-electron chi connectivity index (χ4n) is 2.91. The second-order valence-corrected chi connectivity index (χ2v) is 3.98. The first-order valence-electron chi connectivity index (χ1n) is 4.33. The molecule has 62 valence electrons. The molecule has 4 aliphatic heterocycles. The van der Waals surface area contributed by atoms with Crippen molar-refractivity contribution < 1.29 is 9.84 Å². The van der Waals surface area contributed by atoms with Gasteiger partial charge in [-0.25, -0.2) is 0 Å². The summed E-state index contributed by atoms with van der Waals surface area (Å²) in [6.45, 7) is 0. The predicted octanol–water partition coefficient (Wildman–Crippen LogP) is -0.409. The standard InChI is InChI=1S/C8H13NO2/c1-9-5-2-4-3-6(9)8(11-4)7(5)10/h4-8,10H,2-3H2,1H3/t4?,5?,6?,7-,8-/m1/s1. The molecule has 0 saturated carbocycles. The van der Waals surface area contributed by atoms with E-state index in [1.165, 1.54) is 0 Å². The smallest absolute Gasteiger partial charge is 0.101 e. The van der Waals surface area contributed by atoms with Crippen LogP contribution in [-0.2, 0) is 4.74 Å². The van der Waals surface area contributed by atoms with E-state index in [-0.39, 0.29) is 12.2 Å². The number of aliphatic hydroxyl groups excluding tert-OH is 1. The minimum Gasteiger partial charge on any atom is -0.389 e. The molecule has 1 N–H and O–H groups in total. The van der Waals surface area contributed by atoms with Crippen molar-refractivity contribution in [1.82, 2.24) is 4.90 Å². The predicted molar refractivity (Wildman–Crippen MR) is 39.2 cm³/mol. The van der Waals surface area contributed by atoms with E-state index in [0.717, 1.165) is 12.8 Å². The summed E-state index contributed by atoms with van der Waals surface area (Å²) in [5.74, 6) is 0. The zero-order valence-corrected chi connectivity index (χ0v) is 6.60. The Bertz CT molecular complexity index is 175. The van der Waals surface area contributed by atoms with Gasteiger partial charge in [0.15, 0.2) is 0 Å². The number of hydrogen-bond acceptors (Lipinski definition) is 3. The van der Waals surface area contributed by atoms with Gasteiger partial charge in [0.1, 0.15) is 6.10 Å². The highest BCUT2D eigenvalue weighted by atomic mass is 16.5. The van der Waals surface area contributed by atoms with Gasteiger partial charge in [0.05, 0.1) is 12.2 Å². The summed E-state index contributed by atoms with van der Waals surface area (Å²) in [6, 6.07) is 0.895. The third-order valence-corrected chi connectivity index (χ3v) is 3.51. The van der Waals surface area contributed by atoms with Crippen LogP contribution in [0.3, 0.4) is 0 Å². The maximum absolute atomic E-state index is 9.71. The Labute approximate surface area is 65.9 Å². The Morgan fingerprint density at radius 1 is 1.36 bits per heavy atom. The molecule has 11 heavy (non-hydrogen) atoms. The van der Waals surface area contributed by atoms with Gasteiger partial charge in [-0.1, -0.05) is 0 Å². The maximum atomic E-state index is 9.71. The first-order chi connectivity index (χ1) is 5.27. The molecule has 0 aromatic heterocycles. The minimum absolute atomic E-state index is 0.128. The summed E-state index contributed by atoms with van der Waals surface area (Å²) >= 11 is 0. The monoisotopic (exact) mass is 155 g/mol. The van der Waals surface area contributed by atoms with E-state index in [4.69, 9.17) is 4.74 Å². The highest BCUT2D eigenvalue weighted by molar-refractivity contribution is 5.10. The quantitative estimate of drug-likeness (QED) is 0.516. The summed E-state index contributed by atoms with van der Waals surface area (Å²) in [7, 11) is 2.10. The molecule has 0 amide bonds. The van der Waals surface area contributed by atoms with Crippen LogP contribution in [0, 0.1) is 0 Å². The Hall–Kier alpha value is -0.120. The molecule has 3 heteroatoms. The van der Waals surface area contributed by atoms with Gasteiger partial charge in [0.2, 0.25) is 0 Å². The third-order valence-electron chi connectivity index (χ3n) is 3.51. The molecule has 4 bridgehead atoms. The second-order valence-electron chi connectivity index (χ2n) is 3.98. The lowest BCUT2D eigenvalue weighted by Crippen LogP contribution is -2.44. The summed E-state index contributed by atoms with van der Waals surface area (Å²) in [5, 5.41) is 9.71. The van der Waals surface area contributed by atoms with Gasteiger partial charge in [-0.2, -0.15) is 0 Å². The summed E-state index contributed by atoms with van der Waals surface area (Å²) in [6.07, 6.45) is 2.53. The van der Waals surface area contributed by atoms with Crippen LogP contribution in [0.1, 0.15) is 12.8 Å². The molecule has 4 saturated heterocycles. The average molecular weight is 155 g/mol. The molecule has 0 aliphatic carbocycles. The van der Waals surface area contributed by atoms with Gasteiger partial charge in [0, 0.05) is 12.1 Å². The first kappa shape index (κ1) is 6.40. The van der Waals surface area contributed by atoms with E-state index < -0.39 is 0 Å². The van der Waals surface area contributed by atoms with Crippen LogP contribution in [0.4, 0.5) is 0 Å². The first-order valence-corrected chi connectivity index (χ1v) is 4.33. The van der Waals surface area contributed by atoms with Crippen LogP contribution in [0.15, 0.2) is 0 Å². The molecule has 0 aromatic rings. The molecule has 0 radical (unpaired) electrons. The van der Waals surface area contributed by atoms with Gasteiger partial charge < -0.3 is 9.84 Å². The number of rotatable bonds is 0. The molecule has 4 aliphatic rings. The SMILES string of the molecule is CN1C2CC3CC1[C@@H](O3)[C@@H]2O. The fourth-order valence-corrected chi connectivity index (χ4v) is 2.91. The van der Waals surface area contributed by atoms with Crippen molar-refractivity contribution in [3.8, 4) is 0 Å². The van der Waals surface area contributed by atoms with Crippen molar-refractivity contribution in [3.63, 3.8) is 0 Å². The van der Waals surface area contributed by atoms with Gasteiger partial charge in [-0.15, -0.1) is 0 Å². The van der Waals surface area contributed by atoms with Crippen LogP contribution < -0.4 is 0 Å². The van der Waals surface area contributed by atoms with Crippen LogP contribution >= 0.6 is 0 Å². The number of ether oxygens (including phenoxy) is 1. The molecule has 5 atom stereocenters. The Kier molecular flexibility index (Phi) is 1.04. The topological polar surface area (TPSA) is 32.7 Å². The average Bonchev–Trinajstić information content (AvgIpc) is 2.39. The van der Waals surface area contributed by atoms with Gasteiger partial charge in [-0.3, -0.25) is 4.90 Å². The molecule has 0 aromatic carbocycles. The number of nitrogens with zero attached hydrogens (tertiary/aromatic N) is 1. The van der Waals surface area contributed by atoms with E-state index in [2.05, 4.69) is 11.9 Å². The van der Waals surface area contributed by atoms with E-state index in [0.29, 0.717) is 18.2 Å². The molecule has 4 fully saturated rings. The Morgan fingerprint density at radius 3 is 2.73 bits per heavy atom. The minimum atomic E-state index is -0.219. The fraction of sp³-hybridized carbons (Fsp3) is 1.00. The lowest BCUT2D eigenvalue weighted by molar-refractivity contribution is -0.0758. The molecular formula is C8H13NO2. The van der Waals surface area contributed by atoms with Gasteiger partial charge in [-0.05, 0) is 19.9 Å². The molecule has 3 unspecified atom stereocenters.